The van der Waals surface area contributed by atoms with Gasteiger partial charge in [0.05, 0.1) is 0 Å². The van der Waals surface area contributed by atoms with Crippen LogP contribution in [0, 0.1) is 0 Å². The number of aromatic amines is 1. The van der Waals surface area contributed by atoms with Crippen LogP contribution in [0.4, 0.5) is 11.5 Å². The Morgan fingerprint density at radius 2 is 1.86 bits per heavy atom. The Hall–Kier alpha value is -3.14. The smallest absolute Gasteiger partial charge is 0.317 e. The molecule has 1 aromatic heterocycles. The van der Waals surface area contributed by atoms with E-state index < -0.39 is 28.6 Å². The molecule has 0 radical (unpaired) electrons. The summed E-state index contributed by atoms with van der Waals surface area (Å²) >= 11 is 0.854. The maximum absolute atomic E-state index is 12.5. The molecular weight excluding hydrogens is 384 g/mol. The van der Waals surface area contributed by atoms with E-state index in [4.69, 9.17) is 0 Å². The highest BCUT2D eigenvalue weighted by Crippen LogP contribution is 2.25. The van der Waals surface area contributed by atoms with Crippen LogP contribution in [0.2, 0.25) is 0 Å². The van der Waals surface area contributed by atoms with Gasteiger partial charge in [-0.3, -0.25) is 24.2 Å². The molecule has 10 heteroatoms. The second-order valence-electron chi connectivity index (χ2n) is 5.67. The number of carbonyl (C=O) groups excluding carboxylic acids is 2. The van der Waals surface area contributed by atoms with Gasteiger partial charge in [0.1, 0.15) is 5.25 Å². The van der Waals surface area contributed by atoms with E-state index in [1.165, 1.54) is 0 Å². The third-order valence-electron chi connectivity index (χ3n) is 3.65. The van der Waals surface area contributed by atoms with Crippen molar-refractivity contribution >= 4 is 41.1 Å². The van der Waals surface area contributed by atoms with Gasteiger partial charge in [-0.05, 0) is 18.6 Å². The molecule has 4 N–H and O–H groups in total. The molecule has 1 heterocycles. The minimum absolute atomic E-state index is 0.0309. The lowest BCUT2D eigenvalue weighted by Gasteiger charge is -2.13. The number of hydrogen-bond acceptors (Lipinski definition) is 6. The molecule has 28 heavy (non-hydrogen) atoms. The quantitative estimate of drug-likeness (QED) is 0.391. The summed E-state index contributed by atoms with van der Waals surface area (Å²) in [7, 11) is 0. The van der Waals surface area contributed by atoms with E-state index in [2.05, 4.69) is 20.6 Å². The van der Waals surface area contributed by atoms with Gasteiger partial charge in [-0.1, -0.05) is 43.8 Å². The monoisotopic (exact) mass is 404 g/mol. The fraction of sp³-hybridized carbons (Fsp3) is 0.278. The zero-order chi connectivity index (χ0) is 20.7. The van der Waals surface area contributed by atoms with Crippen LogP contribution in [0.15, 0.2) is 40.3 Å². The van der Waals surface area contributed by atoms with Crippen LogP contribution in [0.25, 0.3) is 0 Å². The lowest BCUT2D eigenvalue weighted by Crippen LogP contribution is -2.25. The summed E-state index contributed by atoms with van der Waals surface area (Å²) in [5.41, 5.74) is -0.596. The fourth-order valence-electron chi connectivity index (χ4n) is 2.15. The van der Waals surface area contributed by atoms with Crippen molar-refractivity contribution in [2.24, 2.45) is 0 Å². The van der Waals surface area contributed by atoms with Gasteiger partial charge in [0.25, 0.3) is 11.5 Å². The van der Waals surface area contributed by atoms with Gasteiger partial charge < -0.3 is 15.7 Å². The molecule has 0 aliphatic carbocycles. The van der Waals surface area contributed by atoms with Crippen LogP contribution in [-0.2, 0) is 9.59 Å². The summed E-state index contributed by atoms with van der Waals surface area (Å²) in [5.74, 6) is -2.13. The minimum Gasteiger partial charge on any atom is -0.480 e. The molecule has 2 rings (SSSR count). The Kier molecular flexibility index (Phi) is 7.33. The Bertz CT molecular complexity index is 929. The van der Waals surface area contributed by atoms with E-state index in [9.17, 15) is 24.3 Å². The minimum atomic E-state index is -1.05. The standard InChI is InChI=1S/C18H20N4O5S/c1-3-11(17(26)27)28-18-21-14(19-12(23)4-2)13(16(25)22-18)20-15(24)10-8-6-5-7-9-10/h5-9,11H,3-4H2,1-2H3,(H,20,24)(H,26,27)(H2,19,21,22,23,25)/t11-/m1/s1. The number of carboxylic acids is 1. The zero-order valence-corrected chi connectivity index (χ0v) is 16.1. The molecule has 0 unspecified atom stereocenters. The van der Waals surface area contributed by atoms with E-state index in [0.717, 1.165) is 11.8 Å². The number of thioether (sulfide) groups is 1. The maximum atomic E-state index is 12.5. The van der Waals surface area contributed by atoms with Crippen molar-refractivity contribution in [1.82, 2.24) is 9.97 Å². The molecule has 0 fully saturated rings. The van der Waals surface area contributed by atoms with Crippen molar-refractivity contribution in [1.29, 1.82) is 0 Å². The third kappa shape index (κ3) is 5.43. The molecule has 9 nitrogen and oxygen atoms in total. The third-order valence-corrected chi connectivity index (χ3v) is 4.89. The first kappa shape index (κ1) is 21.2. The van der Waals surface area contributed by atoms with Crippen molar-refractivity contribution < 1.29 is 19.5 Å². The van der Waals surface area contributed by atoms with E-state index in [1.54, 1.807) is 44.2 Å². The molecule has 2 amide bonds. The van der Waals surface area contributed by atoms with Gasteiger partial charge >= 0.3 is 5.97 Å². The number of carboxylic acid groups (broad SMARTS) is 1. The van der Waals surface area contributed by atoms with Crippen molar-refractivity contribution in [3.8, 4) is 0 Å². The first-order chi connectivity index (χ1) is 13.3. The van der Waals surface area contributed by atoms with Crippen molar-refractivity contribution in [2.75, 3.05) is 10.6 Å². The fourth-order valence-corrected chi connectivity index (χ4v) is 2.99. The summed E-state index contributed by atoms with van der Waals surface area (Å²) in [6.45, 7) is 3.32. The highest BCUT2D eigenvalue weighted by molar-refractivity contribution is 8.00. The van der Waals surface area contributed by atoms with Crippen LogP contribution in [0.5, 0.6) is 0 Å². The maximum Gasteiger partial charge on any atom is 0.317 e. The number of amides is 2. The summed E-state index contributed by atoms with van der Waals surface area (Å²) in [6, 6.07) is 8.24. The number of nitrogens with one attached hydrogen (secondary N) is 3. The topological polar surface area (TPSA) is 141 Å². The van der Waals surface area contributed by atoms with Gasteiger partial charge in [0.15, 0.2) is 16.7 Å². The lowest BCUT2D eigenvalue weighted by molar-refractivity contribution is -0.136. The first-order valence-corrected chi connectivity index (χ1v) is 9.43. The highest BCUT2D eigenvalue weighted by Gasteiger charge is 2.21. The number of aromatic nitrogens is 2. The predicted octanol–water partition coefficient (Wildman–Crippen LogP) is 2.33. The van der Waals surface area contributed by atoms with E-state index in [1.807, 2.05) is 0 Å². The van der Waals surface area contributed by atoms with Crippen molar-refractivity contribution in [2.45, 2.75) is 37.1 Å². The van der Waals surface area contributed by atoms with E-state index in [0.29, 0.717) is 12.0 Å². The molecule has 2 aromatic rings. The SMILES string of the molecule is CCC(=O)Nc1nc(S[C@H](CC)C(=O)O)[nH]c(=O)c1NC(=O)c1ccccc1. The molecule has 0 aliphatic rings. The number of rotatable bonds is 8. The van der Waals surface area contributed by atoms with Gasteiger partial charge in [0.2, 0.25) is 5.91 Å². The summed E-state index contributed by atoms with van der Waals surface area (Å²) in [6.07, 6.45) is 0.447. The van der Waals surface area contributed by atoms with Crippen LogP contribution in [-0.4, -0.2) is 38.1 Å². The average molecular weight is 404 g/mol. The van der Waals surface area contributed by atoms with Gasteiger partial charge in [-0.15, -0.1) is 0 Å². The second-order valence-corrected chi connectivity index (χ2v) is 6.86. The number of carbonyl (C=O) groups is 3. The highest BCUT2D eigenvalue weighted by atomic mass is 32.2. The second kappa shape index (κ2) is 9.70. The van der Waals surface area contributed by atoms with Crippen LogP contribution >= 0.6 is 11.8 Å². The normalized spacial score (nSPS) is 11.5. The molecule has 0 saturated heterocycles. The summed E-state index contributed by atoms with van der Waals surface area (Å²) < 4.78 is 0. The molecule has 1 atom stereocenters. The molecule has 148 valence electrons. The molecule has 1 aromatic carbocycles. The Labute approximate surface area is 165 Å². The van der Waals surface area contributed by atoms with Crippen LogP contribution in [0.3, 0.4) is 0 Å². The average Bonchev–Trinajstić information content (AvgIpc) is 2.68. The van der Waals surface area contributed by atoms with Gasteiger partial charge in [-0.25, -0.2) is 4.98 Å². The van der Waals surface area contributed by atoms with E-state index >= 15 is 0 Å². The van der Waals surface area contributed by atoms with E-state index in [-0.39, 0.29) is 23.1 Å². The first-order valence-electron chi connectivity index (χ1n) is 8.55. The van der Waals surface area contributed by atoms with Crippen LogP contribution < -0.4 is 16.2 Å². The molecule has 0 spiro atoms. The van der Waals surface area contributed by atoms with Crippen molar-refractivity contribution in [3.63, 3.8) is 0 Å². The number of hydrogen-bond donors (Lipinski definition) is 4. The van der Waals surface area contributed by atoms with Gasteiger partial charge in [-0.2, -0.15) is 0 Å². The van der Waals surface area contributed by atoms with Gasteiger partial charge in [0, 0.05) is 12.0 Å². The lowest BCUT2D eigenvalue weighted by atomic mass is 10.2. The molecule has 0 bridgehead atoms. The van der Waals surface area contributed by atoms with Crippen molar-refractivity contribution in [3.05, 3.63) is 46.2 Å². The number of H-pyrrole nitrogens is 1. The van der Waals surface area contributed by atoms with Crippen LogP contribution in [0.1, 0.15) is 37.0 Å². The molecule has 0 aliphatic heterocycles. The zero-order valence-electron chi connectivity index (χ0n) is 15.3. The number of nitrogens with zero attached hydrogens (tertiary/aromatic N) is 1. The number of aliphatic carboxylic acids is 1. The molecular formula is C18H20N4O5S. The molecule has 0 saturated carbocycles. The Morgan fingerprint density at radius 3 is 2.43 bits per heavy atom. The Morgan fingerprint density at radius 1 is 1.18 bits per heavy atom. The summed E-state index contributed by atoms with van der Waals surface area (Å²) in [5, 5.41) is 13.3. The number of benzene rings is 1. The number of anilines is 2. The largest absolute Gasteiger partial charge is 0.480 e. The predicted molar refractivity (Wildman–Crippen MR) is 106 cm³/mol. The Balaban J connectivity index is 2.40. The summed E-state index contributed by atoms with van der Waals surface area (Å²) in [4.78, 5) is 54.5.